The molecule has 0 saturated heterocycles. The molecule has 0 aliphatic carbocycles. The van der Waals surface area contributed by atoms with Crippen LogP contribution in [0.5, 0.6) is 5.75 Å². The summed E-state index contributed by atoms with van der Waals surface area (Å²) >= 11 is 0. The molecule has 0 spiro atoms. The highest BCUT2D eigenvalue weighted by molar-refractivity contribution is 6.05. The van der Waals surface area contributed by atoms with Gasteiger partial charge in [-0.1, -0.05) is 25.5 Å². The molecule has 26 heavy (non-hydrogen) atoms. The fourth-order valence-electron chi connectivity index (χ4n) is 3.06. The van der Waals surface area contributed by atoms with E-state index in [1.165, 1.54) is 4.57 Å². The fraction of sp³-hybridized carbons (Fsp3) is 0.250. The summed E-state index contributed by atoms with van der Waals surface area (Å²) in [6.45, 7) is 2.45. The first-order valence-corrected chi connectivity index (χ1v) is 8.47. The van der Waals surface area contributed by atoms with E-state index in [0.29, 0.717) is 34.5 Å². The van der Waals surface area contributed by atoms with Gasteiger partial charge in [-0.05, 0) is 36.2 Å². The lowest BCUT2D eigenvalue weighted by Gasteiger charge is -2.15. The highest BCUT2D eigenvalue weighted by Gasteiger charge is 2.23. The Kier molecular flexibility index (Phi) is 5.02. The van der Waals surface area contributed by atoms with Crippen LogP contribution >= 0.6 is 0 Å². The molecule has 6 heteroatoms. The van der Waals surface area contributed by atoms with Crippen molar-refractivity contribution in [3.8, 4) is 16.9 Å². The van der Waals surface area contributed by atoms with Gasteiger partial charge >= 0.3 is 5.97 Å². The Labute approximate surface area is 150 Å². The lowest BCUT2D eigenvalue weighted by Crippen LogP contribution is -2.28. The van der Waals surface area contributed by atoms with Crippen LogP contribution in [-0.2, 0) is 6.54 Å². The summed E-state index contributed by atoms with van der Waals surface area (Å²) in [7, 11) is 1.56. The van der Waals surface area contributed by atoms with Crippen molar-refractivity contribution in [1.82, 2.24) is 9.55 Å². The molecule has 1 N–H and O–H groups in total. The number of aryl methyl sites for hydroxylation is 1. The Hall–Kier alpha value is -3.15. The zero-order valence-corrected chi connectivity index (χ0v) is 14.7. The van der Waals surface area contributed by atoms with Crippen LogP contribution in [0, 0.1) is 0 Å². The van der Waals surface area contributed by atoms with E-state index >= 15 is 0 Å². The van der Waals surface area contributed by atoms with Crippen molar-refractivity contribution in [3.05, 3.63) is 58.5 Å². The van der Waals surface area contributed by atoms with Crippen LogP contribution in [0.25, 0.3) is 22.2 Å². The summed E-state index contributed by atoms with van der Waals surface area (Å²) in [5.41, 5.74) is 0.776. The largest absolute Gasteiger partial charge is 0.497 e. The van der Waals surface area contributed by atoms with Gasteiger partial charge in [-0.2, -0.15) is 0 Å². The summed E-state index contributed by atoms with van der Waals surface area (Å²) in [4.78, 5) is 29.3. The van der Waals surface area contributed by atoms with Crippen molar-refractivity contribution in [2.45, 2.75) is 26.3 Å². The predicted molar refractivity (Wildman–Crippen MR) is 99.9 cm³/mol. The maximum absolute atomic E-state index is 13.0. The van der Waals surface area contributed by atoms with E-state index in [1.54, 1.807) is 49.7 Å². The fourth-order valence-corrected chi connectivity index (χ4v) is 3.06. The minimum absolute atomic E-state index is 0.230. The second kappa shape index (κ2) is 7.39. The lowest BCUT2D eigenvalue weighted by molar-refractivity contribution is 0.0695. The molecule has 0 aliphatic heterocycles. The van der Waals surface area contributed by atoms with Gasteiger partial charge in [0.1, 0.15) is 17.0 Å². The number of unbranched alkanes of at least 4 members (excludes halogenated alkanes) is 1. The monoisotopic (exact) mass is 352 g/mol. The number of pyridine rings is 2. The average molecular weight is 352 g/mol. The second-order valence-corrected chi connectivity index (χ2v) is 5.97. The first kappa shape index (κ1) is 17.7. The number of carboxylic acids is 1. The number of aromatic nitrogens is 2. The van der Waals surface area contributed by atoms with Crippen molar-refractivity contribution in [3.63, 3.8) is 0 Å². The van der Waals surface area contributed by atoms with Gasteiger partial charge in [-0.25, -0.2) is 9.78 Å². The molecule has 0 bridgehead atoms. The third-order valence-corrected chi connectivity index (χ3v) is 4.35. The number of nitrogens with zero attached hydrogens (tertiary/aromatic N) is 2. The van der Waals surface area contributed by atoms with Crippen LogP contribution in [0.4, 0.5) is 0 Å². The quantitative estimate of drug-likeness (QED) is 0.733. The van der Waals surface area contributed by atoms with E-state index < -0.39 is 11.5 Å². The van der Waals surface area contributed by atoms with Gasteiger partial charge in [0.2, 0.25) is 0 Å². The van der Waals surface area contributed by atoms with Crippen molar-refractivity contribution in [1.29, 1.82) is 0 Å². The number of carbonyl (C=O) groups is 1. The van der Waals surface area contributed by atoms with Crippen molar-refractivity contribution >= 4 is 17.0 Å². The Morgan fingerprint density at radius 3 is 2.58 bits per heavy atom. The summed E-state index contributed by atoms with van der Waals surface area (Å²) < 4.78 is 6.63. The standard InChI is InChI=1S/C20H20N2O4/c1-3-4-12-22-18-15(6-5-11-21-18)16(17(19(22)23)20(24)25)13-7-9-14(26-2)10-8-13/h5-11H,3-4,12H2,1-2H3,(H,24,25). The molecule has 0 aliphatic rings. The molecule has 0 amide bonds. The van der Waals surface area contributed by atoms with Crippen LogP contribution in [0.3, 0.4) is 0 Å². The normalized spacial score (nSPS) is 10.8. The van der Waals surface area contributed by atoms with Crippen LogP contribution in [0.1, 0.15) is 30.1 Å². The summed E-state index contributed by atoms with van der Waals surface area (Å²) in [5.74, 6) is -0.582. The number of methoxy groups -OCH3 is 1. The van der Waals surface area contributed by atoms with E-state index in [9.17, 15) is 14.7 Å². The van der Waals surface area contributed by atoms with Crippen LogP contribution < -0.4 is 10.3 Å². The van der Waals surface area contributed by atoms with Gasteiger partial charge in [-0.15, -0.1) is 0 Å². The van der Waals surface area contributed by atoms with Crippen molar-refractivity contribution < 1.29 is 14.6 Å². The smallest absolute Gasteiger partial charge is 0.342 e. The Balaban J connectivity index is 2.38. The number of fused-ring (bicyclic) bond motifs is 1. The average Bonchev–Trinajstić information content (AvgIpc) is 2.66. The molecule has 0 unspecified atom stereocenters. The minimum atomic E-state index is -1.24. The van der Waals surface area contributed by atoms with Gasteiger partial charge < -0.3 is 9.84 Å². The Morgan fingerprint density at radius 2 is 1.96 bits per heavy atom. The van der Waals surface area contributed by atoms with Crippen LogP contribution in [0.2, 0.25) is 0 Å². The first-order chi connectivity index (χ1) is 12.6. The molecule has 0 atom stereocenters. The minimum Gasteiger partial charge on any atom is -0.497 e. The SMILES string of the molecule is CCCCn1c(=O)c(C(=O)O)c(-c2ccc(OC)cc2)c2cccnc21. The summed E-state index contributed by atoms with van der Waals surface area (Å²) in [5, 5.41) is 10.4. The number of benzene rings is 1. The third kappa shape index (κ3) is 3.06. The van der Waals surface area contributed by atoms with Gasteiger partial charge in [-0.3, -0.25) is 9.36 Å². The highest BCUT2D eigenvalue weighted by Crippen LogP contribution is 2.31. The lowest BCUT2D eigenvalue weighted by atomic mass is 9.97. The van der Waals surface area contributed by atoms with Gasteiger partial charge in [0, 0.05) is 23.7 Å². The molecule has 134 valence electrons. The maximum Gasteiger partial charge on any atom is 0.342 e. The number of hydrogen-bond acceptors (Lipinski definition) is 4. The molecule has 3 aromatic rings. The molecule has 3 rings (SSSR count). The molecule has 0 radical (unpaired) electrons. The number of aromatic carboxylic acids is 1. The van der Waals surface area contributed by atoms with Gasteiger partial charge in [0.15, 0.2) is 0 Å². The topological polar surface area (TPSA) is 81.4 Å². The molecule has 6 nitrogen and oxygen atoms in total. The molecule has 0 saturated carbocycles. The first-order valence-electron chi connectivity index (χ1n) is 8.47. The van der Waals surface area contributed by atoms with Crippen LogP contribution in [0.15, 0.2) is 47.4 Å². The van der Waals surface area contributed by atoms with Crippen LogP contribution in [-0.4, -0.2) is 27.7 Å². The van der Waals surface area contributed by atoms with Crippen molar-refractivity contribution in [2.24, 2.45) is 0 Å². The Bertz CT molecular complexity index is 1010. The molecule has 0 fully saturated rings. The number of hydrogen-bond donors (Lipinski definition) is 1. The molecule has 2 aromatic heterocycles. The van der Waals surface area contributed by atoms with E-state index in [1.807, 2.05) is 6.92 Å². The Morgan fingerprint density at radius 1 is 1.23 bits per heavy atom. The summed E-state index contributed by atoms with van der Waals surface area (Å²) in [6.07, 6.45) is 3.28. The second-order valence-electron chi connectivity index (χ2n) is 5.97. The third-order valence-electron chi connectivity index (χ3n) is 4.35. The molecule has 2 heterocycles. The van der Waals surface area contributed by atoms with E-state index in [2.05, 4.69) is 4.98 Å². The number of carboxylic acid groups (broad SMARTS) is 1. The number of ether oxygens (including phenoxy) is 1. The highest BCUT2D eigenvalue weighted by atomic mass is 16.5. The van der Waals surface area contributed by atoms with Gasteiger partial charge in [0.25, 0.3) is 5.56 Å². The molecular weight excluding hydrogens is 332 g/mol. The van der Waals surface area contributed by atoms with Gasteiger partial charge in [0.05, 0.1) is 7.11 Å². The zero-order chi connectivity index (χ0) is 18.7. The van der Waals surface area contributed by atoms with E-state index in [4.69, 9.17) is 4.74 Å². The molecule has 1 aromatic carbocycles. The summed E-state index contributed by atoms with van der Waals surface area (Å²) in [6, 6.07) is 10.5. The predicted octanol–water partition coefficient (Wildman–Crippen LogP) is 3.57. The van der Waals surface area contributed by atoms with E-state index in [0.717, 1.165) is 12.8 Å². The van der Waals surface area contributed by atoms with E-state index in [-0.39, 0.29) is 5.56 Å². The van der Waals surface area contributed by atoms with Crippen molar-refractivity contribution in [2.75, 3.05) is 7.11 Å². The maximum atomic E-state index is 13.0. The number of rotatable bonds is 6. The zero-order valence-electron chi connectivity index (χ0n) is 14.7. The molecular formula is C20H20N2O4.